The molecule has 0 amide bonds. The smallest absolute Gasteiger partial charge is 0.0114 e. The van der Waals surface area contributed by atoms with Gasteiger partial charge in [-0.25, -0.2) is 0 Å². The van der Waals surface area contributed by atoms with Crippen LogP contribution in [0.15, 0.2) is 18.3 Å². The Bertz CT molecular complexity index is 337. The first-order valence-electron chi connectivity index (χ1n) is 6.80. The highest BCUT2D eigenvalue weighted by Crippen LogP contribution is 2.29. The Hall–Kier alpha value is -0.960. The number of rotatable bonds is 4. The lowest BCUT2D eigenvalue weighted by Crippen LogP contribution is -2.29. The topological polar surface area (TPSA) is 22.3 Å². The number of aromatic nitrogens is 1. The first-order chi connectivity index (χ1) is 8.18. The molecule has 0 spiro atoms. The number of hydrogen-bond acceptors (Lipinski definition) is 1. The van der Waals surface area contributed by atoms with Gasteiger partial charge in [0.2, 0.25) is 0 Å². The van der Waals surface area contributed by atoms with Crippen LogP contribution in [-0.2, 0) is 0 Å². The van der Waals surface area contributed by atoms with Crippen LogP contribution in [-0.4, -0.2) is 22.7 Å². The van der Waals surface area contributed by atoms with Crippen LogP contribution in [0.25, 0.3) is 5.43 Å². The molecule has 0 saturated heterocycles. The minimum atomic E-state index is 0.475. The van der Waals surface area contributed by atoms with Crippen LogP contribution in [0.5, 0.6) is 0 Å². The van der Waals surface area contributed by atoms with Gasteiger partial charge in [0.15, 0.2) is 0 Å². The van der Waals surface area contributed by atoms with E-state index in [1.165, 1.54) is 32.1 Å². The molecule has 17 heavy (non-hydrogen) atoms. The maximum Gasteiger partial charge on any atom is 0.0114 e. The third-order valence-electron chi connectivity index (χ3n) is 3.68. The molecule has 0 aliphatic heterocycles. The van der Waals surface area contributed by atoms with Gasteiger partial charge in [0, 0.05) is 6.04 Å². The van der Waals surface area contributed by atoms with Crippen LogP contribution in [0, 0.1) is 0 Å². The summed E-state index contributed by atoms with van der Waals surface area (Å²) in [6.45, 7) is 4.39. The Morgan fingerprint density at radius 3 is 2.65 bits per heavy atom. The summed E-state index contributed by atoms with van der Waals surface area (Å²) in [6.07, 6.45) is 8.81. The largest absolute Gasteiger partial charge is 0.446 e. The average molecular weight is 234 g/mol. The molecule has 0 radical (unpaired) electrons. The van der Waals surface area contributed by atoms with Crippen LogP contribution < -0.4 is 0 Å². The van der Waals surface area contributed by atoms with Crippen molar-refractivity contribution in [3.8, 4) is 0 Å². The van der Waals surface area contributed by atoms with E-state index in [1.807, 2.05) is 0 Å². The molecule has 1 aliphatic carbocycles. The van der Waals surface area contributed by atoms with Crippen molar-refractivity contribution < 1.29 is 0 Å². The Morgan fingerprint density at radius 2 is 2.00 bits per heavy atom. The second-order valence-electron chi connectivity index (χ2n) is 5.33. The van der Waals surface area contributed by atoms with Gasteiger partial charge in [0.25, 0.3) is 0 Å². The molecule has 1 fully saturated rings. The molecule has 1 heterocycles. The quantitative estimate of drug-likeness (QED) is 0.714. The Balaban J connectivity index is 1.97. The summed E-state index contributed by atoms with van der Waals surface area (Å²) in [7, 11) is 2.12. The van der Waals surface area contributed by atoms with Crippen molar-refractivity contribution in [3.05, 3.63) is 23.8 Å². The molecule has 0 unspecified atom stereocenters. The van der Waals surface area contributed by atoms with E-state index >= 15 is 0 Å². The van der Waals surface area contributed by atoms with E-state index in [0.717, 1.165) is 5.82 Å². The van der Waals surface area contributed by atoms with E-state index < -0.39 is 0 Å². The molecule has 96 valence electrons. The number of nitrogens with zero attached hydrogens (tertiary/aromatic N) is 3. The third-order valence-corrected chi connectivity index (χ3v) is 3.68. The maximum atomic E-state index is 4.76. The zero-order chi connectivity index (χ0) is 12.3. The van der Waals surface area contributed by atoms with Crippen molar-refractivity contribution in [1.82, 2.24) is 9.58 Å². The molecule has 0 bridgehead atoms. The van der Waals surface area contributed by atoms with Crippen LogP contribution in [0.4, 0.5) is 5.82 Å². The highest BCUT2D eigenvalue weighted by Gasteiger charge is 2.15. The first kappa shape index (κ1) is 12.5. The minimum Gasteiger partial charge on any atom is -0.446 e. The van der Waals surface area contributed by atoms with Crippen LogP contribution >= 0.6 is 0 Å². The average Bonchev–Trinajstić information content (AvgIpc) is 2.78. The van der Waals surface area contributed by atoms with Crippen molar-refractivity contribution in [1.29, 1.82) is 0 Å². The van der Waals surface area contributed by atoms with Gasteiger partial charge in [-0.2, -0.15) is 0 Å². The fraction of sp³-hybridized carbons (Fsp3) is 0.714. The van der Waals surface area contributed by atoms with E-state index in [4.69, 9.17) is 5.43 Å². The van der Waals surface area contributed by atoms with Crippen molar-refractivity contribution in [2.24, 2.45) is 0 Å². The van der Waals surface area contributed by atoms with E-state index in [2.05, 4.69) is 48.8 Å². The summed E-state index contributed by atoms with van der Waals surface area (Å²) in [5.74, 6) is 1.08. The highest BCUT2D eigenvalue weighted by atomic mass is 15.5. The SMILES string of the molecule is CC(C)n1cccc1[N-]N(C)C1CCCCC1. The molecular formula is C14H24N3-. The van der Waals surface area contributed by atoms with Crippen LogP contribution in [0.2, 0.25) is 0 Å². The van der Waals surface area contributed by atoms with Gasteiger partial charge >= 0.3 is 0 Å². The van der Waals surface area contributed by atoms with E-state index in [-0.39, 0.29) is 0 Å². The molecule has 3 nitrogen and oxygen atoms in total. The predicted molar refractivity (Wildman–Crippen MR) is 72.5 cm³/mol. The Morgan fingerprint density at radius 1 is 1.29 bits per heavy atom. The maximum absolute atomic E-state index is 4.76. The Labute approximate surface area is 105 Å². The summed E-state index contributed by atoms with van der Waals surface area (Å²) in [4.78, 5) is 0. The summed E-state index contributed by atoms with van der Waals surface area (Å²) in [5.41, 5.74) is 4.76. The van der Waals surface area contributed by atoms with E-state index in [1.54, 1.807) is 0 Å². The molecule has 1 aliphatic rings. The zero-order valence-corrected chi connectivity index (χ0v) is 11.3. The molecule has 2 rings (SSSR count). The molecule has 3 heteroatoms. The molecule has 1 aromatic rings. The van der Waals surface area contributed by atoms with Gasteiger partial charge in [0.05, 0.1) is 0 Å². The lowest BCUT2D eigenvalue weighted by molar-refractivity contribution is 0.242. The van der Waals surface area contributed by atoms with Gasteiger partial charge < -0.3 is 9.99 Å². The van der Waals surface area contributed by atoms with Crippen molar-refractivity contribution in [2.45, 2.75) is 58.0 Å². The Kier molecular flexibility index (Phi) is 4.11. The summed E-state index contributed by atoms with van der Waals surface area (Å²) < 4.78 is 2.22. The third kappa shape index (κ3) is 3.03. The highest BCUT2D eigenvalue weighted by molar-refractivity contribution is 5.41. The first-order valence-corrected chi connectivity index (χ1v) is 6.80. The van der Waals surface area contributed by atoms with Gasteiger partial charge in [-0.15, -0.1) is 0 Å². The molecule has 0 N–H and O–H groups in total. The number of hydrogen-bond donors (Lipinski definition) is 0. The molecule has 0 aromatic carbocycles. The second-order valence-corrected chi connectivity index (χ2v) is 5.33. The van der Waals surface area contributed by atoms with Crippen LogP contribution in [0.3, 0.4) is 0 Å². The van der Waals surface area contributed by atoms with E-state index in [0.29, 0.717) is 12.1 Å². The summed E-state index contributed by atoms with van der Waals surface area (Å²) in [6, 6.07) is 5.29. The fourth-order valence-electron chi connectivity index (χ4n) is 2.60. The lowest BCUT2D eigenvalue weighted by Gasteiger charge is -2.37. The monoisotopic (exact) mass is 234 g/mol. The fourth-order valence-corrected chi connectivity index (χ4v) is 2.60. The van der Waals surface area contributed by atoms with Gasteiger partial charge in [-0.3, -0.25) is 5.01 Å². The molecule has 0 atom stereocenters. The summed E-state index contributed by atoms with van der Waals surface area (Å²) in [5, 5.41) is 2.17. The van der Waals surface area contributed by atoms with Gasteiger partial charge in [-0.05, 0) is 31.7 Å². The second kappa shape index (κ2) is 5.58. The van der Waals surface area contributed by atoms with E-state index in [9.17, 15) is 0 Å². The molecule has 1 saturated carbocycles. The van der Waals surface area contributed by atoms with Gasteiger partial charge in [0.1, 0.15) is 0 Å². The van der Waals surface area contributed by atoms with Crippen LogP contribution in [0.1, 0.15) is 52.0 Å². The molecule has 1 aromatic heterocycles. The van der Waals surface area contributed by atoms with Crippen molar-refractivity contribution in [2.75, 3.05) is 7.05 Å². The lowest BCUT2D eigenvalue weighted by atomic mass is 9.95. The summed E-state index contributed by atoms with van der Waals surface area (Å²) >= 11 is 0. The molecular weight excluding hydrogens is 210 g/mol. The van der Waals surface area contributed by atoms with Crippen molar-refractivity contribution in [3.63, 3.8) is 0 Å². The predicted octanol–water partition coefficient (Wildman–Crippen LogP) is 4.25. The minimum absolute atomic E-state index is 0.475. The normalized spacial score (nSPS) is 17.9. The zero-order valence-electron chi connectivity index (χ0n) is 11.3. The van der Waals surface area contributed by atoms with Gasteiger partial charge in [-0.1, -0.05) is 51.4 Å². The van der Waals surface area contributed by atoms with Crippen molar-refractivity contribution >= 4 is 5.82 Å². The standard InChI is InChI=1S/C14H24N3/c1-12(2)17-11-7-10-14(17)15-16(3)13-8-5-4-6-9-13/h7,10-13H,4-6,8-9H2,1-3H3/q-1.